The van der Waals surface area contributed by atoms with E-state index in [1.807, 2.05) is 12.1 Å². The van der Waals surface area contributed by atoms with Gasteiger partial charge in [-0.25, -0.2) is 12.7 Å². The lowest BCUT2D eigenvalue weighted by Crippen LogP contribution is -2.47. The van der Waals surface area contributed by atoms with Crippen molar-refractivity contribution in [3.05, 3.63) is 34.9 Å². The van der Waals surface area contributed by atoms with Gasteiger partial charge >= 0.3 is 0 Å². The number of carbonyl (C=O) groups excluding carboxylic acids is 1. The maximum Gasteiger partial charge on any atom is 0.251 e. The molecule has 0 spiro atoms. The molecule has 2 fully saturated rings. The predicted octanol–water partition coefficient (Wildman–Crippen LogP) is 1.06. The van der Waals surface area contributed by atoms with Gasteiger partial charge < -0.3 is 10.6 Å². The van der Waals surface area contributed by atoms with Gasteiger partial charge in [-0.05, 0) is 74.9 Å². The molecule has 2 aliphatic heterocycles. The van der Waals surface area contributed by atoms with Crippen LogP contribution in [0.2, 0.25) is 0 Å². The Balaban J connectivity index is 1.35. The van der Waals surface area contributed by atoms with Gasteiger partial charge in [-0.1, -0.05) is 6.07 Å². The van der Waals surface area contributed by atoms with E-state index in [0.717, 1.165) is 38.8 Å². The van der Waals surface area contributed by atoms with E-state index in [9.17, 15) is 13.2 Å². The number of nitrogens with zero attached hydrogens (tertiary/aromatic N) is 1. The molecule has 0 atom stereocenters. The first-order valence-corrected chi connectivity index (χ1v) is 11.2. The van der Waals surface area contributed by atoms with Crippen LogP contribution < -0.4 is 10.6 Å². The normalized spacial score (nSPS) is 22.5. The highest BCUT2D eigenvalue weighted by Gasteiger charge is 2.41. The molecule has 4 rings (SSSR count). The Morgan fingerprint density at radius 2 is 1.73 bits per heavy atom. The Labute approximate surface area is 155 Å². The third-order valence-electron chi connectivity index (χ3n) is 5.71. The number of hydrogen-bond acceptors (Lipinski definition) is 4. The third-order valence-corrected chi connectivity index (χ3v) is 8.10. The number of hydrogen-bond donors (Lipinski definition) is 2. The van der Waals surface area contributed by atoms with E-state index in [0.29, 0.717) is 31.5 Å². The van der Waals surface area contributed by atoms with Gasteiger partial charge in [0, 0.05) is 24.7 Å². The largest absolute Gasteiger partial charge is 0.349 e. The van der Waals surface area contributed by atoms with Crippen LogP contribution in [-0.2, 0) is 22.9 Å². The van der Waals surface area contributed by atoms with E-state index in [-0.39, 0.29) is 17.2 Å². The highest BCUT2D eigenvalue weighted by Crippen LogP contribution is 2.32. The van der Waals surface area contributed by atoms with Crippen LogP contribution in [0.25, 0.3) is 0 Å². The molecule has 0 aromatic heterocycles. The van der Waals surface area contributed by atoms with Crippen molar-refractivity contribution >= 4 is 15.9 Å². The van der Waals surface area contributed by atoms with Crippen molar-refractivity contribution in [3.8, 4) is 0 Å². The summed E-state index contributed by atoms with van der Waals surface area (Å²) in [6, 6.07) is 6.05. The number of fused-ring (bicyclic) bond motifs is 1. The molecule has 6 nitrogen and oxygen atoms in total. The van der Waals surface area contributed by atoms with Crippen molar-refractivity contribution in [2.45, 2.75) is 49.8 Å². The zero-order chi connectivity index (χ0) is 18.1. The number of benzene rings is 1. The summed E-state index contributed by atoms with van der Waals surface area (Å²) in [5.74, 6) is -0.0477. The van der Waals surface area contributed by atoms with Gasteiger partial charge in [0.2, 0.25) is 10.0 Å². The summed E-state index contributed by atoms with van der Waals surface area (Å²) in [4.78, 5) is 12.6. The fourth-order valence-electron chi connectivity index (χ4n) is 3.91. The van der Waals surface area contributed by atoms with E-state index in [1.165, 1.54) is 11.1 Å². The Bertz CT molecular complexity index is 781. The number of carbonyl (C=O) groups is 1. The molecule has 3 aliphatic rings. The minimum Gasteiger partial charge on any atom is -0.349 e. The highest BCUT2D eigenvalue weighted by molar-refractivity contribution is 7.90. The zero-order valence-electron chi connectivity index (χ0n) is 15.0. The van der Waals surface area contributed by atoms with Crippen LogP contribution in [0.5, 0.6) is 0 Å². The highest BCUT2D eigenvalue weighted by atomic mass is 32.2. The number of amides is 1. The van der Waals surface area contributed by atoms with Crippen LogP contribution in [0.4, 0.5) is 0 Å². The third kappa shape index (κ3) is 3.80. The van der Waals surface area contributed by atoms with Crippen molar-refractivity contribution in [1.82, 2.24) is 14.9 Å². The van der Waals surface area contributed by atoms with E-state index in [2.05, 4.69) is 16.7 Å². The lowest BCUT2D eigenvalue weighted by Gasteiger charge is -2.31. The van der Waals surface area contributed by atoms with E-state index in [1.54, 1.807) is 4.31 Å². The molecular weight excluding hydrogens is 350 g/mol. The van der Waals surface area contributed by atoms with Gasteiger partial charge in [0.15, 0.2) is 0 Å². The minimum atomic E-state index is -3.09. The SMILES string of the molecule is O=C(NC1CCN(S(=O)(=O)C2CC2)CC1)c1ccc2c(c1)CCNCC2. The summed E-state index contributed by atoms with van der Waals surface area (Å²) in [7, 11) is -3.09. The first kappa shape index (κ1) is 17.9. The zero-order valence-corrected chi connectivity index (χ0v) is 15.9. The predicted molar refractivity (Wildman–Crippen MR) is 101 cm³/mol. The van der Waals surface area contributed by atoms with Gasteiger partial charge in [-0.3, -0.25) is 4.79 Å². The van der Waals surface area contributed by atoms with Gasteiger partial charge in [0.25, 0.3) is 5.91 Å². The molecule has 2 heterocycles. The first-order chi connectivity index (χ1) is 12.5. The lowest BCUT2D eigenvalue weighted by molar-refractivity contribution is 0.0923. The molecule has 0 bridgehead atoms. The average Bonchev–Trinajstić information content (AvgIpc) is 3.49. The summed E-state index contributed by atoms with van der Waals surface area (Å²) >= 11 is 0. The Morgan fingerprint density at radius 3 is 2.42 bits per heavy atom. The van der Waals surface area contributed by atoms with Crippen molar-refractivity contribution in [2.75, 3.05) is 26.2 Å². The number of sulfonamides is 1. The Morgan fingerprint density at radius 1 is 1.04 bits per heavy atom. The molecular formula is C19H27N3O3S. The van der Waals surface area contributed by atoms with Crippen molar-refractivity contribution < 1.29 is 13.2 Å². The second-order valence-electron chi connectivity index (χ2n) is 7.62. The molecule has 1 aromatic carbocycles. The van der Waals surface area contributed by atoms with Crippen LogP contribution >= 0.6 is 0 Å². The van der Waals surface area contributed by atoms with Crippen LogP contribution in [0.3, 0.4) is 0 Å². The fraction of sp³-hybridized carbons (Fsp3) is 0.632. The summed E-state index contributed by atoms with van der Waals surface area (Å²) in [6.45, 7) is 2.96. The quantitative estimate of drug-likeness (QED) is 0.823. The Kier molecular flexibility index (Phi) is 5.03. The number of piperidine rings is 1. The topological polar surface area (TPSA) is 78.5 Å². The molecule has 0 unspecified atom stereocenters. The summed E-state index contributed by atoms with van der Waals surface area (Å²) in [6.07, 6.45) is 4.93. The van der Waals surface area contributed by atoms with E-state index >= 15 is 0 Å². The molecule has 7 heteroatoms. The maximum atomic E-state index is 12.6. The molecule has 1 amide bonds. The maximum absolute atomic E-state index is 12.6. The summed E-state index contributed by atoms with van der Waals surface area (Å²) in [5.41, 5.74) is 3.29. The monoisotopic (exact) mass is 377 g/mol. The van der Waals surface area contributed by atoms with Crippen LogP contribution in [-0.4, -0.2) is 56.1 Å². The minimum absolute atomic E-state index is 0.0477. The van der Waals surface area contributed by atoms with Gasteiger partial charge in [-0.2, -0.15) is 0 Å². The molecule has 2 N–H and O–H groups in total. The molecule has 0 radical (unpaired) electrons. The van der Waals surface area contributed by atoms with Crippen molar-refractivity contribution in [1.29, 1.82) is 0 Å². The standard InChI is InChI=1S/C19H27N3O3S/c23-19(16-2-1-14-5-9-20-10-6-15(14)13-16)21-17-7-11-22(12-8-17)26(24,25)18-3-4-18/h1-2,13,17-18,20H,3-12H2,(H,21,23). The Hall–Kier alpha value is -1.44. The molecule has 1 aromatic rings. The van der Waals surface area contributed by atoms with Crippen molar-refractivity contribution in [2.24, 2.45) is 0 Å². The van der Waals surface area contributed by atoms with E-state index in [4.69, 9.17) is 0 Å². The summed E-state index contributed by atoms with van der Waals surface area (Å²) in [5, 5.41) is 6.33. The van der Waals surface area contributed by atoms with Gasteiger partial charge in [0.05, 0.1) is 5.25 Å². The van der Waals surface area contributed by atoms with Crippen LogP contribution in [0.15, 0.2) is 18.2 Å². The van der Waals surface area contributed by atoms with Crippen LogP contribution in [0, 0.1) is 0 Å². The van der Waals surface area contributed by atoms with E-state index < -0.39 is 10.0 Å². The van der Waals surface area contributed by atoms with Crippen LogP contribution in [0.1, 0.15) is 47.2 Å². The van der Waals surface area contributed by atoms with Gasteiger partial charge in [0.1, 0.15) is 0 Å². The average molecular weight is 378 g/mol. The number of rotatable bonds is 4. The fourth-order valence-corrected chi connectivity index (χ4v) is 5.79. The van der Waals surface area contributed by atoms with Crippen molar-refractivity contribution in [3.63, 3.8) is 0 Å². The molecule has 1 saturated carbocycles. The second-order valence-corrected chi connectivity index (χ2v) is 9.84. The molecule has 1 saturated heterocycles. The number of nitrogens with one attached hydrogen (secondary N) is 2. The molecule has 142 valence electrons. The molecule has 1 aliphatic carbocycles. The first-order valence-electron chi connectivity index (χ1n) is 9.66. The smallest absolute Gasteiger partial charge is 0.251 e. The second kappa shape index (κ2) is 7.29. The van der Waals surface area contributed by atoms with Gasteiger partial charge in [-0.15, -0.1) is 0 Å². The summed E-state index contributed by atoms with van der Waals surface area (Å²) < 4.78 is 26.2. The molecule has 26 heavy (non-hydrogen) atoms. The lowest BCUT2D eigenvalue weighted by atomic mass is 9.99.